The Balaban J connectivity index is 1.77. The van der Waals surface area contributed by atoms with Crippen LogP contribution in [0.4, 0.5) is 0 Å². The second-order valence-corrected chi connectivity index (χ2v) is 7.08. The van der Waals surface area contributed by atoms with Crippen molar-refractivity contribution in [3.8, 4) is 23.0 Å². The summed E-state index contributed by atoms with van der Waals surface area (Å²) in [5.74, 6) is 0.603. The molecule has 3 aromatic rings. The van der Waals surface area contributed by atoms with Crippen LogP contribution >= 0.6 is 11.6 Å². The van der Waals surface area contributed by atoms with Gasteiger partial charge in [0.05, 0.1) is 12.7 Å². The number of rotatable bonds is 7. The van der Waals surface area contributed by atoms with E-state index in [9.17, 15) is 15.0 Å². The predicted molar refractivity (Wildman–Crippen MR) is 117 cm³/mol. The van der Waals surface area contributed by atoms with Crippen molar-refractivity contribution in [2.75, 3.05) is 7.11 Å². The van der Waals surface area contributed by atoms with Gasteiger partial charge in [0.25, 0.3) is 0 Å². The minimum absolute atomic E-state index is 0.108. The van der Waals surface area contributed by atoms with Crippen LogP contribution in [0.15, 0.2) is 60.7 Å². The zero-order chi connectivity index (χ0) is 21.7. The number of benzene rings is 3. The van der Waals surface area contributed by atoms with Gasteiger partial charge in [-0.05, 0) is 66.6 Å². The summed E-state index contributed by atoms with van der Waals surface area (Å²) < 4.78 is 11.3. The fraction of sp³-hybridized carbons (Fsp3) is 0.125. The molecule has 0 heterocycles. The number of phenols is 2. The molecule has 0 aliphatic rings. The van der Waals surface area contributed by atoms with E-state index < -0.39 is 0 Å². The van der Waals surface area contributed by atoms with Crippen molar-refractivity contribution in [1.29, 1.82) is 0 Å². The first kappa shape index (κ1) is 21.3. The Morgan fingerprint density at radius 2 is 1.87 bits per heavy atom. The summed E-state index contributed by atoms with van der Waals surface area (Å²) >= 11 is 6.05. The molecule has 0 radical (unpaired) electrons. The zero-order valence-electron chi connectivity index (χ0n) is 16.6. The summed E-state index contributed by atoms with van der Waals surface area (Å²) in [5.41, 5.74) is 2.62. The normalized spacial score (nSPS) is 10.9. The van der Waals surface area contributed by atoms with E-state index in [0.717, 1.165) is 22.8 Å². The highest BCUT2D eigenvalue weighted by Gasteiger charge is 2.10. The topological polar surface area (TPSA) is 76.0 Å². The first-order valence-corrected chi connectivity index (χ1v) is 9.55. The minimum atomic E-state index is -0.377. The molecule has 0 spiro atoms. The maximum atomic E-state index is 12.3. The highest BCUT2D eigenvalue weighted by molar-refractivity contribution is 6.31. The number of aromatic hydroxyl groups is 2. The number of carbonyl (C=O) groups is 1. The van der Waals surface area contributed by atoms with Crippen molar-refractivity contribution in [2.24, 2.45) is 0 Å². The number of methoxy groups -OCH3 is 1. The average molecular weight is 425 g/mol. The Morgan fingerprint density at radius 1 is 1.07 bits per heavy atom. The molecule has 3 rings (SSSR count). The van der Waals surface area contributed by atoms with E-state index in [4.69, 9.17) is 21.1 Å². The second kappa shape index (κ2) is 9.37. The largest absolute Gasteiger partial charge is 0.508 e. The fourth-order valence-corrected chi connectivity index (χ4v) is 2.99. The average Bonchev–Trinajstić information content (AvgIpc) is 2.73. The number of phenolic OH excluding ortho intramolecular Hbond substituents is 2. The Kier molecular flexibility index (Phi) is 6.65. The molecule has 0 fully saturated rings. The fourth-order valence-electron chi connectivity index (χ4n) is 2.87. The van der Waals surface area contributed by atoms with Crippen LogP contribution in [-0.4, -0.2) is 23.1 Å². The van der Waals surface area contributed by atoms with Gasteiger partial charge in [-0.1, -0.05) is 23.7 Å². The predicted octanol–water partition coefficient (Wildman–Crippen LogP) is 5.54. The Labute approximate surface area is 179 Å². The van der Waals surface area contributed by atoms with Gasteiger partial charge in [0, 0.05) is 16.7 Å². The van der Waals surface area contributed by atoms with Crippen molar-refractivity contribution >= 4 is 23.5 Å². The molecule has 2 N–H and O–H groups in total. The lowest BCUT2D eigenvalue weighted by atomic mass is 10.1. The molecule has 0 unspecified atom stereocenters. The second-order valence-electron chi connectivity index (χ2n) is 6.67. The summed E-state index contributed by atoms with van der Waals surface area (Å²) in [7, 11) is 1.58. The van der Waals surface area contributed by atoms with Crippen LogP contribution in [0, 0.1) is 6.92 Å². The van der Waals surface area contributed by atoms with Gasteiger partial charge in [0.2, 0.25) is 0 Å². The quantitative estimate of drug-likeness (QED) is 0.384. The van der Waals surface area contributed by atoms with E-state index in [0.29, 0.717) is 16.5 Å². The summed E-state index contributed by atoms with van der Waals surface area (Å²) in [4.78, 5) is 12.3. The molecule has 3 aromatic carbocycles. The summed E-state index contributed by atoms with van der Waals surface area (Å²) in [6, 6.07) is 14.8. The molecule has 154 valence electrons. The van der Waals surface area contributed by atoms with E-state index >= 15 is 0 Å². The molecule has 0 saturated heterocycles. The van der Waals surface area contributed by atoms with Crippen molar-refractivity contribution in [1.82, 2.24) is 0 Å². The third-order valence-electron chi connectivity index (χ3n) is 4.50. The van der Waals surface area contributed by atoms with Crippen LogP contribution in [-0.2, 0) is 6.61 Å². The minimum Gasteiger partial charge on any atom is -0.508 e. The van der Waals surface area contributed by atoms with Gasteiger partial charge in [-0.2, -0.15) is 0 Å². The van der Waals surface area contributed by atoms with Crippen molar-refractivity contribution in [2.45, 2.75) is 13.5 Å². The Hall–Kier alpha value is -3.44. The highest BCUT2D eigenvalue weighted by atomic mass is 35.5. The standard InChI is InChI=1S/C24H21ClO5/c1-15-11-19(6-8-21(15)25)30-14-17-12-16(4-10-24(17)29-2)3-9-22(27)20-7-5-18(26)13-23(20)28/h3-13,26,28H,14H2,1-2H3/b9-3+. The molecular weight excluding hydrogens is 404 g/mol. The maximum Gasteiger partial charge on any atom is 0.189 e. The first-order chi connectivity index (χ1) is 14.4. The van der Waals surface area contributed by atoms with Gasteiger partial charge in [0.1, 0.15) is 29.6 Å². The van der Waals surface area contributed by atoms with E-state index in [1.807, 2.05) is 25.1 Å². The molecule has 0 bridgehead atoms. The molecule has 0 aromatic heterocycles. The molecule has 0 saturated carbocycles. The van der Waals surface area contributed by atoms with Crippen molar-refractivity contribution in [3.05, 3.63) is 87.9 Å². The molecule has 0 amide bonds. The highest BCUT2D eigenvalue weighted by Crippen LogP contribution is 2.26. The number of hydrogen-bond donors (Lipinski definition) is 2. The smallest absolute Gasteiger partial charge is 0.189 e. The van der Waals surface area contributed by atoms with E-state index in [1.54, 1.807) is 31.4 Å². The first-order valence-electron chi connectivity index (χ1n) is 9.17. The van der Waals surface area contributed by atoms with E-state index in [1.165, 1.54) is 18.2 Å². The zero-order valence-corrected chi connectivity index (χ0v) is 17.3. The van der Waals surface area contributed by atoms with Gasteiger partial charge in [-0.25, -0.2) is 0 Å². The monoisotopic (exact) mass is 424 g/mol. The lowest BCUT2D eigenvalue weighted by Gasteiger charge is -2.12. The lowest BCUT2D eigenvalue weighted by Crippen LogP contribution is -2.00. The number of ether oxygens (including phenoxy) is 2. The Bertz CT molecular complexity index is 1100. The molecule has 0 atom stereocenters. The Morgan fingerprint density at radius 3 is 2.57 bits per heavy atom. The maximum absolute atomic E-state index is 12.3. The SMILES string of the molecule is COc1ccc(/C=C/C(=O)c2ccc(O)cc2O)cc1COc1ccc(Cl)c(C)c1. The number of carbonyl (C=O) groups excluding carboxylic acids is 1. The lowest BCUT2D eigenvalue weighted by molar-refractivity contribution is 0.104. The van der Waals surface area contributed by atoms with Gasteiger partial charge >= 0.3 is 0 Å². The molecule has 30 heavy (non-hydrogen) atoms. The summed E-state index contributed by atoms with van der Waals surface area (Å²) in [6.07, 6.45) is 3.01. The molecule has 0 aliphatic carbocycles. The molecular formula is C24H21ClO5. The van der Waals surface area contributed by atoms with Gasteiger partial charge in [-0.15, -0.1) is 0 Å². The summed E-state index contributed by atoms with van der Waals surface area (Å²) in [5, 5.41) is 19.9. The van der Waals surface area contributed by atoms with E-state index in [2.05, 4.69) is 0 Å². The number of ketones is 1. The molecule has 6 heteroatoms. The van der Waals surface area contributed by atoms with Crippen molar-refractivity contribution in [3.63, 3.8) is 0 Å². The summed E-state index contributed by atoms with van der Waals surface area (Å²) in [6.45, 7) is 2.18. The number of hydrogen-bond acceptors (Lipinski definition) is 5. The third-order valence-corrected chi connectivity index (χ3v) is 4.93. The van der Waals surface area contributed by atoms with Gasteiger partial charge < -0.3 is 19.7 Å². The van der Waals surface area contributed by atoms with Gasteiger partial charge in [-0.3, -0.25) is 4.79 Å². The number of allylic oxidation sites excluding steroid dienone is 1. The van der Waals surface area contributed by atoms with E-state index in [-0.39, 0.29) is 29.5 Å². The van der Waals surface area contributed by atoms with Crippen molar-refractivity contribution < 1.29 is 24.5 Å². The van der Waals surface area contributed by atoms with Crippen LogP contribution in [0.5, 0.6) is 23.0 Å². The third kappa shape index (κ3) is 5.13. The van der Waals surface area contributed by atoms with Crippen LogP contribution in [0.1, 0.15) is 27.0 Å². The number of aryl methyl sites for hydroxylation is 1. The molecule has 0 aliphatic heterocycles. The number of halogens is 1. The molecule has 5 nitrogen and oxygen atoms in total. The van der Waals surface area contributed by atoms with Crippen LogP contribution < -0.4 is 9.47 Å². The van der Waals surface area contributed by atoms with Crippen LogP contribution in [0.25, 0.3) is 6.08 Å². The van der Waals surface area contributed by atoms with Crippen LogP contribution in [0.2, 0.25) is 5.02 Å². The van der Waals surface area contributed by atoms with Crippen LogP contribution in [0.3, 0.4) is 0 Å². The van der Waals surface area contributed by atoms with Gasteiger partial charge in [0.15, 0.2) is 5.78 Å².